The Bertz CT molecular complexity index is 1430. The first kappa shape index (κ1) is 36.9. The summed E-state index contributed by atoms with van der Waals surface area (Å²) in [5.41, 5.74) is 2.52. The molecule has 3 amide bonds. The number of fused-ring (bicyclic) bond motifs is 1. The van der Waals surface area contributed by atoms with E-state index >= 15 is 0 Å². The van der Waals surface area contributed by atoms with Gasteiger partial charge in [-0.25, -0.2) is 9.78 Å². The number of urea groups is 1. The Morgan fingerprint density at radius 1 is 0.913 bits per heavy atom. The van der Waals surface area contributed by atoms with Crippen molar-refractivity contribution in [1.29, 1.82) is 0 Å². The van der Waals surface area contributed by atoms with Crippen LogP contribution in [-0.4, -0.2) is 50.9 Å². The molecule has 46 heavy (non-hydrogen) atoms. The summed E-state index contributed by atoms with van der Waals surface area (Å²) in [5, 5.41) is 16.6. The van der Waals surface area contributed by atoms with Crippen LogP contribution in [0, 0.1) is 0 Å². The third-order valence-corrected chi connectivity index (χ3v) is 7.99. The number of halogens is 1. The van der Waals surface area contributed by atoms with Crippen LogP contribution in [0.5, 0.6) is 0 Å². The third kappa shape index (κ3) is 11.6. The molecular weight excluding hydrogens is 606 g/mol. The number of H-pyrrole nitrogens is 1. The van der Waals surface area contributed by atoms with Crippen molar-refractivity contribution >= 4 is 46.5 Å². The quantitative estimate of drug-likeness (QED) is 0.0753. The van der Waals surface area contributed by atoms with E-state index in [9.17, 15) is 14.4 Å². The molecule has 0 bridgehead atoms. The Balaban J connectivity index is 1.50. The molecule has 2 aromatic heterocycles. The summed E-state index contributed by atoms with van der Waals surface area (Å²) < 4.78 is 6.83. The zero-order valence-corrected chi connectivity index (χ0v) is 28.9. The number of hydrogen-bond donors (Lipinski definition) is 4. The van der Waals surface area contributed by atoms with Gasteiger partial charge in [0.05, 0.1) is 24.4 Å². The number of carbonyl (C=O) groups excluding carboxylic acids is 3. The topological polar surface area (TPSA) is 143 Å². The second-order valence-corrected chi connectivity index (χ2v) is 13.2. The van der Waals surface area contributed by atoms with Crippen molar-refractivity contribution in [2.75, 3.05) is 23.8 Å². The van der Waals surface area contributed by atoms with Gasteiger partial charge < -0.3 is 20.7 Å². The number of rotatable bonds is 19. The van der Waals surface area contributed by atoms with E-state index in [1.54, 1.807) is 18.2 Å². The van der Waals surface area contributed by atoms with Crippen LogP contribution in [0.4, 0.5) is 16.2 Å². The highest BCUT2D eigenvalue weighted by molar-refractivity contribution is 6.34. The van der Waals surface area contributed by atoms with Gasteiger partial charge in [-0.15, -0.1) is 5.10 Å². The van der Waals surface area contributed by atoms with Crippen molar-refractivity contribution in [3.8, 4) is 11.4 Å². The van der Waals surface area contributed by atoms with Crippen LogP contribution in [-0.2, 0) is 19.7 Å². The van der Waals surface area contributed by atoms with Crippen LogP contribution in [0.3, 0.4) is 0 Å². The van der Waals surface area contributed by atoms with Crippen LogP contribution in [0.15, 0.2) is 18.2 Å². The number of nitrogens with zero attached hydrogens (tertiary/aromatic N) is 3. The number of benzene rings is 1. The fourth-order valence-electron chi connectivity index (χ4n) is 5.07. The maximum absolute atomic E-state index is 12.6. The maximum Gasteiger partial charge on any atom is 0.319 e. The molecule has 4 N–H and O–H groups in total. The molecule has 3 aromatic rings. The van der Waals surface area contributed by atoms with Crippen molar-refractivity contribution in [1.82, 2.24) is 25.1 Å². The Labute approximate surface area is 278 Å². The standard InChI is InChI=1S/C34H52ClN7O4/c1-6-8-9-10-11-12-13-14-15-16-22-46-28(44)20-21-36-33(45)37-24-18-19-26(38-27(43)17-7-2)25(23-24)31-39-32-29(35)30(34(3,4)5)40-42(32)41-31/h18-19,23,40H,6-17,20-22H2,1-5H3,(H,38,43)(H2,36,37,45). The van der Waals surface area contributed by atoms with E-state index in [2.05, 4.69) is 38.1 Å². The van der Waals surface area contributed by atoms with Crippen LogP contribution in [0.25, 0.3) is 17.0 Å². The summed E-state index contributed by atoms with van der Waals surface area (Å²) >= 11 is 6.63. The van der Waals surface area contributed by atoms with Crippen molar-refractivity contribution in [3.63, 3.8) is 0 Å². The van der Waals surface area contributed by atoms with Gasteiger partial charge in [0.25, 0.3) is 0 Å². The Kier molecular flexibility index (Phi) is 14.8. The minimum atomic E-state index is -0.473. The normalized spacial score (nSPS) is 11.5. The van der Waals surface area contributed by atoms with Crippen LogP contribution < -0.4 is 16.0 Å². The van der Waals surface area contributed by atoms with E-state index in [1.807, 2.05) is 27.7 Å². The number of aromatic nitrogens is 4. The molecule has 0 aliphatic carbocycles. The Hall–Kier alpha value is -3.60. The second-order valence-electron chi connectivity index (χ2n) is 12.8. The molecule has 0 aliphatic rings. The van der Waals surface area contributed by atoms with Crippen molar-refractivity contribution < 1.29 is 19.1 Å². The number of carbonyl (C=O) groups is 3. The van der Waals surface area contributed by atoms with E-state index in [0.717, 1.165) is 18.5 Å². The van der Waals surface area contributed by atoms with Gasteiger partial charge in [0, 0.05) is 29.6 Å². The number of esters is 1. The van der Waals surface area contributed by atoms with Gasteiger partial charge in [0.15, 0.2) is 11.5 Å². The molecule has 0 unspecified atom stereocenters. The fraction of sp³-hybridized carbons (Fsp3) is 0.618. The number of anilines is 2. The molecule has 254 valence electrons. The largest absolute Gasteiger partial charge is 0.466 e. The van der Waals surface area contributed by atoms with Gasteiger partial charge in [-0.3, -0.25) is 14.7 Å². The summed E-state index contributed by atoms with van der Waals surface area (Å²) in [7, 11) is 0. The highest BCUT2D eigenvalue weighted by atomic mass is 35.5. The number of ether oxygens (including phenoxy) is 1. The minimum absolute atomic E-state index is 0.0841. The lowest BCUT2D eigenvalue weighted by Gasteiger charge is -2.16. The number of unbranched alkanes of at least 4 members (excludes halogenated alkanes) is 9. The van der Waals surface area contributed by atoms with E-state index < -0.39 is 6.03 Å². The first-order chi connectivity index (χ1) is 22.0. The zero-order chi connectivity index (χ0) is 33.5. The van der Waals surface area contributed by atoms with E-state index in [1.165, 1.54) is 56.0 Å². The van der Waals surface area contributed by atoms with Gasteiger partial charge in [-0.1, -0.05) is 104 Å². The molecule has 0 saturated carbocycles. The molecule has 12 heteroatoms. The number of hydrogen-bond acceptors (Lipinski definition) is 6. The van der Waals surface area contributed by atoms with Crippen molar-refractivity contribution in [2.45, 2.75) is 124 Å². The highest BCUT2D eigenvalue weighted by Crippen LogP contribution is 2.34. The first-order valence-corrected chi connectivity index (χ1v) is 17.2. The van der Waals surface area contributed by atoms with Crippen LogP contribution in [0.1, 0.15) is 124 Å². The summed E-state index contributed by atoms with van der Waals surface area (Å²) in [6, 6.07) is 4.59. The van der Waals surface area contributed by atoms with Gasteiger partial charge in [-0.2, -0.15) is 4.63 Å². The molecular formula is C34H52ClN7O4. The second kappa shape index (κ2) is 18.5. The van der Waals surface area contributed by atoms with Gasteiger partial charge in [-0.05, 0) is 31.0 Å². The lowest BCUT2D eigenvalue weighted by atomic mass is 9.92. The summed E-state index contributed by atoms with van der Waals surface area (Å²) in [4.78, 5) is 41.8. The molecule has 0 aliphatic heterocycles. The zero-order valence-electron chi connectivity index (χ0n) is 28.2. The number of nitrogens with one attached hydrogen (secondary N) is 4. The lowest BCUT2D eigenvalue weighted by Crippen LogP contribution is -2.31. The Morgan fingerprint density at radius 2 is 1.59 bits per heavy atom. The molecule has 3 rings (SSSR count). The van der Waals surface area contributed by atoms with E-state index in [4.69, 9.17) is 16.3 Å². The SMILES string of the molecule is CCCCCCCCCCCCOC(=O)CCNC(=O)Nc1ccc(NC(=O)CCC)c(-c2nc3c(Cl)c(C(C)(C)C)[nH]n3n2)c1. The van der Waals surface area contributed by atoms with Crippen LogP contribution >= 0.6 is 11.6 Å². The monoisotopic (exact) mass is 657 g/mol. The predicted octanol–water partition coefficient (Wildman–Crippen LogP) is 8.39. The molecule has 0 atom stereocenters. The molecule has 1 aromatic carbocycles. The van der Waals surface area contributed by atoms with Gasteiger partial charge in [0.2, 0.25) is 5.91 Å². The van der Waals surface area contributed by atoms with Crippen molar-refractivity contribution in [2.24, 2.45) is 0 Å². The van der Waals surface area contributed by atoms with Crippen LogP contribution in [0.2, 0.25) is 5.02 Å². The maximum atomic E-state index is 12.6. The van der Waals surface area contributed by atoms with Gasteiger partial charge >= 0.3 is 12.0 Å². The molecule has 0 radical (unpaired) electrons. The average Bonchev–Trinajstić information content (AvgIpc) is 3.56. The lowest BCUT2D eigenvalue weighted by molar-refractivity contribution is -0.143. The predicted molar refractivity (Wildman–Crippen MR) is 184 cm³/mol. The summed E-state index contributed by atoms with van der Waals surface area (Å²) in [6.45, 7) is 10.8. The molecule has 0 fully saturated rings. The summed E-state index contributed by atoms with van der Waals surface area (Å²) in [5.74, 6) is -0.143. The number of aromatic amines is 1. The first-order valence-electron chi connectivity index (χ1n) is 16.8. The smallest absolute Gasteiger partial charge is 0.319 e. The van der Waals surface area contributed by atoms with Gasteiger partial charge in [0.1, 0.15) is 5.02 Å². The van der Waals surface area contributed by atoms with E-state index in [0.29, 0.717) is 52.9 Å². The molecule has 0 spiro atoms. The number of amides is 3. The van der Waals surface area contributed by atoms with Crippen molar-refractivity contribution in [3.05, 3.63) is 28.9 Å². The molecule has 2 heterocycles. The highest BCUT2D eigenvalue weighted by Gasteiger charge is 2.25. The third-order valence-electron chi connectivity index (χ3n) is 7.64. The average molecular weight is 658 g/mol. The minimum Gasteiger partial charge on any atom is -0.466 e. The summed E-state index contributed by atoms with van der Waals surface area (Å²) in [6.07, 6.45) is 13.3. The Morgan fingerprint density at radius 3 is 2.22 bits per heavy atom. The molecule has 0 saturated heterocycles. The fourth-order valence-corrected chi connectivity index (χ4v) is 5.51. The molecule has 11 nitrogen and oxygen atoms in total. The van der Waals surface area contributed by atoms with E-state index in [-0.39, 0.29) is 30.3 Å².